The molecule has 106 valence electrons. The molecule has 0 bridgehead atoms. The lowest BCUT2D eigenvalue weighted by Gasteiger charge is -2.13. The molecule has 1 fully saturated rings. The van der Waals surface area contributed by atoms with Crippen LogP contribution in [0, 0.1) is 5.92 Å². The smallest absolute Gasteiger partial charge is 0.314 e. The van der Waals surface area contributed by atoms with E-state index in [1.54, 1.807) is 6.07 Å². The molecule has 1 nitrogen and oxygen atoms in total. The van der Waals surface area contributed by atoms with Crippen LogP contribution in [0.1, 0.15) is 37.3 Å². The molecule has 19 heavy (non-hydrogen) atoms. The number of hydrogen-bond donors (Lipinski definition) is 1. The molecular formula is C15H20F3N. The van der Waals surface area contributed by atoms with E-state index in [2.05, 4.69) is 12.2 Å². The Kier molecular flexibility index (Phi) is 4.50. The van der Waals surface area contributed by atoms with Crippen molar-refractivity contribution in [3.63, 3.8) is 0 Å². The minimum Gasteiger partial charge on any atom is -0.314 e. The zero-order chi connectivity index (χ0) is 13.9. The average molecular weight is 271 g/mol. The lowest BCUT2D eigenvalue weighted by molar-refractivity contribution is -0.137. The fraction of sp³-hybridized carbons (Fsp3) is 0.600. The van der Waals surface area contributed by atoms with Crippen LogP contribution >= 0.6 is 0 Å². The predicted octanol–water partition coefficient (Wildman–Crippen LogP) is 4.03. The molecule has 4 heteroatoms. The highest BCUT2D eigenvalue weighted by molar-refractivity contribution is 5.25. The van der Waals surface area contributed by atoms with Crippen LogP contribution in [0.25, 0.3) is 0 Å². The Hall–Kier alpha value is -1.03. The quantitative estimate of drug-likeness (QED) is 0.823. The normalized spacial score (nSPS) is 17.5. The van der Waals surface area contributed by atoms with Crippen LogP contribution in [0.3, 0.4) is 0 Å². The second-order valence-electron chi connectivity index (χ2n) is 5.52. The van der Waals surface area contributed by atoms with Gasteiger partial charge in [0.15, 0.2) is 0 Å². The number of halogens is 3. The van der Waals surface area contributed by atoms with Gasteiger partial charge in [0, 0.05) is 6.04 Å². The third kappa shape index (κ3) is 4.86. The fourth-order valence-corrected chi connectivity index (χ4v) is 2.20. The zero-order valence-corrected chi connectivity index (χ0v) is 11.1. The van der Waals surface area contributed by atoms with E-state index in [1.165, 1.54) is 25.0 Å². The Morgan fingerprint density at radius 3 is 2.68 bits per heavy atom. The zero-order valence-electron chi connectivity index (χ0n) is 11.1. The van der Waals surface area contributed by atoms with Crippen LogP contribution in [-0.4, -0.2) is 12.6 Å². The number of alkyl halides is 3. The molecule has 0 radical (unpaired) electrons. The van der Waals surface area contributed by atoms with Crippen molar-refractivity contribution in [2.75, 3.05) is 6.54 Å². The third-order valence-electron chi connectivity index (χ3n) is 3.49. The number of nitrogens with one attached hydrogen (secondary N) is 1. The van der Waals surface area contributed by atoms with Crippen molar-refractivity contribution in [3.8, 4) is 0 Å². The molecule has 1 aromatic carbocycles. The molecule has 0 spiro atoms. The van der Waals surface area contributed by atoms with Gasteiger partial charge in [0.2, 0.25) is 0 Å². The summed E-state index contributed by atoms with van der Waals surface area (Å²) in [5.74, 6) is 0.398. The summed E-state index contributed by atoms with van der Waals surface area (Å²) < 4.78 is 37.8. The molecule has 0 amide bonds. The van der Waals surface area contributed by atoms with E-state index in [4.69, 9.17) is 0 Å². The summed E-state index contributed by atoms with van der Waals surface area (Å²) in [6.07, 6.45) is -0.000192. The summed E-state index contributed by atoms with van der Waals surface area (Å²) >= 11 is 0. The molecule has 0 heterocycles. The number of hydrogen-bond acceptors (Lipinski definition) is 1. The van der Waals surface area contributed by atoms with Crippen LogP contribution in [0.5, 0.6) is 0 Å². The van der Waals surface area contributed by atoms with E-state index in [0.717, 1.165) is 24.6 Å². The second-order valence-corrected chi connectivity index (χ2v) is 5.52. The highest BCUT2D eigenvalue weighted by Crippen LogP contribution is 2.30. The first-order valence-corrected chi connectivity index (χ1v) is 6.84. The second kappa shape index (κ2) is 5.95. The largest absolute Gasteiger partial charge is 0.416 e. The van der Waals surface area contributed by atoms with Crippen LogP contribution in [0.15, 0.2) is 24.3 Å². The topological polar surface area (TPSA) is 12.0 Å². The number of benzene rings is 1. The van der Waals surface area contributed by atoms with Crippen molar-refractivity contribution >= 4 is 0 Å². The van der Waals surface area contributed by atoms with Crippen molar-refractivity contribution in [1.29, 1.82) is 0 Å². The molecule has 1 N–H and O–H groups in total. The van der Waals surface area contributed by atoms with E-state index in [1.807, 2.05) is 0 Å². The van der Waals surface area contributed by atoms with Gasteiger partial charge >= 0.3 is 6.18 Å². The van der Waals surface area contributed by atoms with Gasteiger partial charge in [0.05, 0.1) is 5.56 Å². The Morgan fingerprint density at radius 1 is 1.32 bits per heavy atom. The first-order chi connectivity index (χ1) is 8.95. The predicted molar refractivity (Wildman–Crippen MR) is 70.0 cm³/mol. The summed E-state index contributed by atoms with van der Waals surface area (Å²) in [6.45, 7) is 3.06. The molecular weight excluding hydrogens is 251 g/mol. The summed E-state index contributed by atoms with van der Waals surface area (Å²) in [5.41, 5.74) is 0.224. The summed E-state index contributed by atoms with van der Waals surface area (Å²) in [5, 5.41) is 3.43. The molecule has 0 aromatic heterocycles. The van der Waals surface area contributed by atoms with E-state index in [9.17, 15) is 13.2 Å². The summed E-state index contributed by atoms with van der Waals surface area (Å²) in [6, 6.07) is 6.36. The monoisotopic (exact) mass is 271 g/mol. The molecule has 2 rings (SSSR count). The van der Waals surface area contributed by atoms with Gasteiger partial charge in [-0.1, -0.05) is 25.1 Å². The lowest BCUT2D eigenvalue weighted by atomic mass is 9.97. The van der Waals surface area contributed by atoms with Gasteiger partial charge in [-0.3, -0.25) is 0 Å². The Morgan fingerprint density at radius 2 is 2.05 bits per heavy atom. The van der Waals surface area contributed by atoms with E-state index in [0.29, 0.717) is 18.4 Å². The SMILES string of the molecule is CC(CCNC1CC1)Cc1cccc(C(F)(F)F)c1. The van der Waals surface area contributed by atoms with Crippen molar-refractivity contribution in [2.45, 2.75) is 44.8 Å². The Balaban J connectivity index is 1.83. The third-order valence-corrected chi connectivity index (χ3v) is 3.49. The van der Waals surface area contributed by atoms with Gasteiger partial charge in [0.1, 0.15) is 0 Å². The van der Waals surface area contributed by atoms with Crippen molar-refractivity contribution in [2.24, 2.45) is 5.92 Å². The molecule has 0 aliphatic heterocycles. The van der Waals surface area contributed by atoms with Crippen LogP contribution < -0.4 is 5.32 Å². The lowest BCUT2D eigenvalue weighted by Crippen LogP contribution is -2.20. The standard InChI is InChI=1S/C15H20F3N/c1-11(7-8-19-14-5-6-14)9-12-3-2-4-13(10-12)15(16,17)18/h2-4,10-11,14,19H,5-9H2,1H3. The van der Waals surface area contributed by atoms with Gasteiger partial charge in [-0.05, 0) is 49.8 Å². The molecule has 1 unspecified atom stereocenters. The van der Waals surface area contributed by atoms with Crippen LogP contribution in [-0.2, 0) is 12.6 Å². The van der Waals surface area contributed by atoms with Gasteiger partial charge in [-0.25, -0.2) is 0 Å². The highest BCUT2D eigenvalue weighted by atomic mass is 19.4. The minimum atomic E-state index is -4.24. The van der Waals surface area contributed by atoms with Crippen LogP contribution in [0.2, 0.25) is 0 Å². The molecule has 1 aliphatic carbocycles. The molecule has 1 atom stereocenters. The van der Waals surface area contributed by atoms with Crippen LogP contribution in [0.4, 0.5) is 13.2 Å². The van der Waals surface area contributed by atoms with E-state index < -0.39 is 11.7 Å². The maximum absolute atomic E-state index is 12.6. The van der Waals surface area contributed by atoms with Crippen molar-refractivity contribution in [1.82, 2.24) is 5.32 Å². The maximum Gasteiger partial charge on any atom is 0.416 e. The van der Waals surface area contributed by atoms with Gasteiger partial charge < -0.3 is 5.32 Å². The molecule has 1 saturated carbocycles. The van der Waals surface area contributed by atoms with Crippen molar-refractivity contribution in [3.05, 3.63) is 35.4 Å². The first kappa shape index (κ1) is 14.4. The summed E-state index contributed by atoms with van der Waals surface area (Å²) in [7, 11) is 0. The number of rotatable bonds is 6. The Bertz CT molecular complexity index is 410. The molecule has 0 saturated heterocycles. The fourth-order valence-electron chi connectivity index (χ4n) is 2.20. The molecule has 1 aromatic rings. The average Bonchev–Trinajstić information content (AvgIpc) is 3.12. The van der Waals surface area contributed by atoms with E-state index in [-0.39, 0.29) is 0 Å². The van der Waals surface area contributed by atoms with Gasteiger partial charge in [-0.15, -0.1) is 0 Å². The van der Waals surface area contributed by atoms with Gasteiger partial charge in [-0.2, -0.15) is 13.2 Å². The van der Waals surface area contributed by atoms with Gasteiger partial charge in [0.25, 0.3) is 0 Å². The minimum absolute atomic E-state index is 0.398. The maximum atomic E-state index is 12.6. The van der Waals surface area contributed by atoms with E-state index >= 15 is 0 Å². The Labute approximate surface area is 112 Å². The van der Waals surface area contributed by atoms with Crippen molar-refractivity contribution < 1.29 is 13.2 Å². The molecule has 1 aliphatic rings. The summed E-state index contributed by atoms with van der Waals surface area (Å²) in [4.78, 5) is 0. The highest BCUT2D eigenvalue weighted by Gasteiger charge is 2.30. The first-order valence-electron chi connectivity index (χ1n) is 6.84.